The Hall–Kier alpha value is -3.06. The molecule has 1 heterocycles. The molecule has 0 aliphatic heterocycles. The summed E-state index contributed by atoms with van der Waals surface area (Å²) >= 11 is 5.73. The Labute approximate surface area is 172 Å². The maximum absolute atomic E-state index is 13.2. The average Bonchev–Trinajstić information content (AvgIpc) is 3.13. The number of carbonyl (C=O) groups excluding carboxylic acids is 1. The Morgan fingerprint density at radius 2 is 2.07 bits per heavy atom. The highest BCUT2D eigenvalue weighted by Crippen LogP contribution is 2.31. The molecular formula is C21H21ClFN3O3. The molecule has 6 nitrogen and oxygen atoms in total. The third kappa shape index (κ3) is 4.86. The highest BCUT2D eigenvalue weighted by Gasteiger charge is 2.15. The van der Waals surface area contributed by atoms with Gasteiger partial charge in [0, 0.05) is 18.0 Å². The molecule has 0 spiro atoms. The van der Waals surface area contributed by atoms with Crippen molar-refractivity contribution in [3.63, 3.8) is 0 Å². The van der Waals surface area contributed by atoms with Gasteiger partial charge in [0.2, 0.25) is 0 Å². The van der Waals surface area contributed by atoms with E-state index in [1.807, 2.05) is 13.8 Å². The predicted molar refractivity (Wildman–Crippen MR) is 109 cm³/mol. The summed E-state index contributed by atoms with van der Waals surface area (Å²) in [6.07, 6.45) is 1.60. The van der Waals surface area contributed by atoms with E-state index < -0.39 is 5.82 Å². The third-order valence-electron chi connectivity index (χ3n) is 4.37. The molecule has 2 N–H and O–H groups in total. The topological polar surface area (TPSA) is 76.4 Å². The predicted octanol–water partition coefficient (Wildman–Crippen LogP) is 5.10. The lowest BCUT2D eigenvalue weighted by Gasteiger charge is -2.14. The number of nitrogens with one attached hydrogen (secondary N) is 1. The van der Waals surface area contributed by atoms with Crippen molar-refractivity contribution in [1.82, 2.24) is 9.78 Å². The van der Waals surface area contributed by atoms with Gasteiger partial charge in [0.15, 0.2) is 12.4 Å². The quantitative estimate of drug-likeness (QED) is 0.547. The number of anilines is 1. The van der Waals surface area contributed by atoms with Gasteiger partial charge < -0.3 is 15.2 Å². The molecule has 0 saturated carbocycles. The second kappa shape index (κ2) is 8.53. The van der Waals surface area contributed by atoms with E-state index in [1.54, 1.807) is 31.3 Å². The number of aromatic hydroxyl groups is 1. The first kappa shape index (κ1) is 20.7. The van der Waals surface area contributed by atoms with Gasteiger partial charge in [-0.15, -0.1) is 0 Å². The molecule has 29 heavy (non-hydrogen) atoms. The molecule has 152 valence electrons. The standard InChI is InChI=1S/C21H21ClFN3O3/c1-12(2)15-10-19(13(3)8-20(15)27)24-21(28)18-6-7-26(25-18)11-29-14-4-5-17(23)16(22)9-14/h4-10,12,27H,11H2,1-3H3,(H,24,28). The fourth-order valence-electron chi connectivity index (χ4n) is 2.75. The summed E-state index contributed by atoms with van der Waals surface area (Å²) in [6, 6.07) is 9.00. The van der Waals surface area contributed by atoms with Gasteiger partial charge in [-0.2, -0.15) is 5.10 Å². The Balaban J connectivity index is 1.68. The number of benzene rings is 2. The molecular weight excluding hydrogens is 397 g/mol. The summed E-state index contributed by atoms with van der Waals surface area (Å²) in [5.74, 6) is -0.196. The van der Waals surface area contributed by atoms with E-state index in [2.05, 4.69) is 10.4 Å². The first-order valence-electron chi connectivity index (χ1n) is 9.00. The molecule has 0 bridgehead atoms. The number of nitrogens with zero attached hydrogens (tertiary/aromatic N) is 2. The summed E-state index contributed by atoms with van der Waals surface area (Å²) in [5.41, 5.74) is 2.33. The van der Waals surface area contributed by atoms with Gasteiger partial charge in [0.25, 0.3) is 5.91 Å². The second-order valence-electron chi connectivity index (χ2n) is 6.92. The number of carbonyl (C=O) groups is 1. The van der Waals surface area contributed by atoms with Crippen LogP contribution in [-0.4, -0.2) is 20.8 Å². The number of hydrogen-bond acceptors (Lipinski definition) is 4. The Morgan fingerprint density at radius 1 is 1.31 bits per heavy atom. The first-order valence-corrected chi connectivity index (χ1v) is 9.38. The molecule has 8 heteroatoms. The number of halogens is 2. The van der Waals surface area contributed by atoms with E-state index in [0.717, 1.165) is 11.1 Å². The number of amides is 1. The summed E-state index contributed by atoms with van der Waals surface area (Å²) in [4.78, 5) is 12.6. The second-order valence-corrected chi connectivity index (χ2v) is 7.33. The van der Waals surface area contributed by atoms with Crippen LogP contribution in [0.25, 0.3) is 0 Å². The Kier molecular flexibility index (Phi) is 6.08. The zero-order valence-electron chi connectivity index (χ0n) is 16.2. The maximum Gasteiger partial charge on any atom is 0.276 e. The third-order valence-corrected chi connectivity index (χ3v) is 4.66. The highest BCUT2D eigenvalue weighted by molar-refractivity contribution is 6.30. The van der Waals surface area contributed by atoms with Crippen LogP contribution in [0.2, 0.25) is 5.02 Å². The summed E-state index contributed by atoms with van der Waals surface area (Å²) in [5, 5.41) is 17.0. The molecule has 1 aromatic heterocycles. The van der Waals surface area contributed by atoms with Crippen molar-refractivity contribution in [2.24, 2.45) is 0 Å². The molecule has 1 amide bonds. The van der Waals surface area contributed by atoms with Crippen molar-refractivity contribution < 1.29 is 19.0 Å². The lowest BCUT2D eigenvalue weighted by atomic mass is 9.99. The summed E-state index contributed by atoms with van der Waals surface area (Å²) in [7, 11) is 0. The zero-order valence-corrected chi connectivity index (χ0v) is 17.0. The number of hydrogen-bond donors (Lipinski definition) is 2. The fraction of sp³-hybridized carbons (Fsp3) is 0.238. The van der Waals surface area contributed by atoms with Crippen LogP contribution < -0.4 is 10.1 Å². The summed E-state index contributed by atoms with van der Waals surface area (Å²) in [6.45, 7) is 5.77. The van der Waals surface area contributed by atoms with Crippen LogP contribution >= 0.6 is 11.6 Å². The van der Waals surface area contributed by atoms with Crippen molar-refractivity contribution in [2.45, 2.75) is 33.4 Å². The normalized spacial score (nSPS) is 11.0. The fourth-order valence-corrected chi connectivity index (χ4v) is 2.93. The average molecular weight is 418 g/mol. The molecule has 0 saturated heterocycles. The van der Waals surface area contributed by atoms with Crippen LogP contribution in [0, 0.1) is 12.7 Å². The van der Waals surface area contributed by atoms with E-state index >= 15 is 0 Å². The number of phenolic OH excluding ortho intramolecular Hbond substituents is 1. The number of phenols is 1. The molecule has 0 fully saturated rings. The van der Waals surface area contributed by atoms with Crippen LogP contribution in [0.4, 0.5) is 10.1 Å². The van der Waals surface area contributed by atoms with E-state index in [0.29, 0.717) is 11.4 Å². The number of ether oxygens (including phenoxy) is 1. The molecule has 3 aromatic rings. The van der Waals surface area contributed by atoms with E-state index in [-0.39, 0.29) is 35.0 Å². The van der Waals surface area contributed by atoms with Gasteiger partial charge in [-0.1, -0.05) is 25.4 Å². The van der Waals surface area contributed by atoms with Crippen LogP contribution in [0.15, 0.2) is 42.6 Å². The number of aromatic nitrogens is 2. The molecule has 0 aliphatic rings. The SMILES string of the molecule is Cc1cc(O)c(C(C)C)cc1NC(=O)c1ccn(COc2ccc(F)c(Cl)c2)n1. The highest BCUT2D eigenvalue weighted by atomic mass is 35.5. The first-order chi connectivity index (χ1) is 13.7. The van der Waals surface area contributed by atoms with Crippen LogP contribution in [0.3, 0.4) is 0 Å². The molecule has 3 rings (SSSR count). The van der Waals surface area contributed by atoms with Gasteiger partial charge in [-0.05, 0) is 54.3 Å². The molecule has 2 aromatic carbocycles. The minimum absolute atomic E-state index is 0.0327. The largest absolute Gasteiger partial charge is 0.508 e. The van der Waals surface area contributed by atoms with Gasteiger partial charge in [0.1, 0.15) is 17.3 Å². The van der Waals surface area contributed by atoms with Gasteiger partial charge >= 0.3 is 0 Å². The van der Waals surface area contributed by atoms with E-state index in [4.69, 9.17) is 16.3 Å². The Bertz CT molecular complexity index is 1050. The van der Waals surface area contributed by atoms with E-state index in [1.165, 1.54) is 22.9 Å². The van der Waals surface area contributed by atoms with Gasteiger partial charge in [-0.3, -0.25) is 4.79 Å². The van der Waals surface area contributed by atoms with Gasteiger partial charge in [0.05, 0.1) is 5.02 Å². The number of aryl methyl sites for hydroxylation is 1. The Morgan fingerprint density at radius 3 is 2.76 bits per heavy atom. The maximum atomic E-state index is 13.2. The van der Waals surface area contributed by atoms with Crippen molar-refractivity contribution >= 4 is 23.2 Å². The van der Waals surface area contributed by atoms with Crippen LogP contribution in [0.5, 0.6) is 11.5 Å². The van der Waals surface area contributed by atoms with Crippen molar-refractivity contribution in [3.05, 3.63) is 70.3 Å². The smallest absolute Gasteiger partial charge is 0.276 e. The van der Waals surface area contributed by atoms with Crippen molar-refractivity contribution in [3.8, 4) is 11.5 Å². The molecule has 0 radical (unpaired) electrons. The van der Waals surface area contributed by atoms with Crippen molar-refractivity contribution in [1.29, 1.82) is 0 Å². The zero-order chi connectivity index (χ0) is 21.1. The minimum atomic E-state index is -0.526. The minimum Gasteiger partial charge on any atom is -0.508 e. The van der Waals surface area contributed by atoms with E-state index in [9.17, 15) is 14.3 Å². The van der Waals surface area contributed by atoms with Gasteiger partial charge in [-0.25, -0.2) is 9.07 Å². The van der Waals surface area contributed by atoms with Crippen LogP contribution in [-0.2, 0) is 6.73 Å². The molecule has 0 atom stereocenters. The molecule has 0 unspecified atom stereocenters. The monoisotopic (exact) mass is 417 g/mol. The summed E-state index contributed by atoms with van der Waals surface area (Å²) < 4.78 is 20.1. The number of rotatable bonds is 6. The lowest BCUT2D eigenvalue weighted by molar-refractivity contribution is 0.102. The van der Waals surface area contributed by atoms with Crippen molar-refractivity contribution in [2.75, 3.05) is 5.32 Å². The molecule has 0 aliphatic carbocycles. The lowest BCUT2D eigenvalue weighted by Crippen LogP contribution is -2.15. The van der Waals surface area contributed by atoms with Crippen LogP contribution in [0.1, 0.15) is 41.4 Å².